The maximum atomic E-state index is 11.4. The standard InChI is InChI=1S/C14H25NO3/c1-14(2,3)18-8-7-15-9-10-5-4-6-11(10)12(15)13(16)17/h10-12H,4-9H2,1-3H3,(H,16,17). The Morgan fingerprint density at radius 3 is 2.72 bits per heavy atom. The summed E-state index contributed by atoms with van der Waals surface area (Å²) >= 11 is 0. The number of ether oxygens (including phenoxy) is 1. The van der Waals surface area contributed by atoms with Crippen molar-refractivity contribution in [1.82, 2.24) is 4.90 Å². The van der Waals surface area contributed by atoms with Gasteiger partial charge in [0.05, 0.1) is 12.2 Å². The number of carboxylic acid groups (broad SMARTS) is 1. The molecule has 4 heteroatoms. The SMILES string of the molecule is CC(C)(C)OCCN1CC2CCCC2C1C(=O)O. The molecular weight excluding hydrogens is 230 g/mol. The van der Waals surface area contributed by atoms with Gasteiger partial charge in [-0.15, -0.1) is 0 Å². The molecule has 0 spiro atoms. The fourth-order valence-electron chi connectivity index (χ4n) is 3.43. The highest BCUT2D eigenvalue weighted by molar-refractivity contribution is 5.74. The van der Waals surface area contributed by atoms with Crippen molar-refractivity contribution >= 4 is 5.97 Å². The third-order valence-electron chi connectivity index (χ3n) is 4.15. The van der Waals surface area contributed by atoms with E-state index in [9.17, 15) is 9.90 Å². The Hall–Kier alpha value is -0.610. The van der Waals surface area contributed by atoms with Crippen LogP contribution in [0.2, 0.25) is 0 Å². The lowest BCUT2D eigenvalue weighted by atomic mass is 9.94. The van der Waals surface area contributed by atoms with Crippen molar-refractivity contribution in [3.8, 4) is 0 Å². The molecule has 0 radical (unpaired) electrons. The van der Waals surface area contributed by atoms with Gasteiger partial charge in [-0.2, -0.15) is 0 Å². The second kappa shape index (κ2) is 5.17. The van der Waals surface area contributed by atoms with Gasteiger partial charge in [0.1, 0.15) is 6.04 Å². The third kappa shape index (κ3) is 3.04. The van der Waals surface area contributed by atoms with Crippen LogP contribution in [0.3, 0.4) is 0 Å². The highest BCUT2D eigenvalue weighted by Crippen LogP contribution is 2.42. The number of fused-ring (bicyclic) bond motifs is 1. The van der Waals surface area contributed by atoms with Crippen molar-refractivity contribution in [2.45, 2.75) is 51.7 Å². The summed E-state index contributed by atoms with van der Waals surface area (Å²) < 4.78 is 5.71. The summed E-state index contributed by atoms with van der Waals surface area (Å²) in [7, 11) is 0. The van der Waals surface area contributed by atoms with E-state index in [0.29, 0.717) is 18.4 Å². The Morgan fingerprint density at radius 1 is 1.39 bits per heavy atom. The lowest BCUT2D eigenvalue weighted by Gasteiger charge is -2.26. The first-order valence-electron chi connectivity index (χ1n) is 6.99. The van der Waals surface area contributed by atoms with Crippen LogP contribution in [0.15, 0.2) is 0 Å². The van der Waals surface area contributed by atoms with Gasteiger partial charge in [-0.25, -0.2) is 0 Å². The highest BCUT2D eigenvalue weighted by atomic mass is 16.5. The number of carboxylic acids is 1. The summed E-state index contributed by atoms with van der Waals surface area (Å²) in [6.07, 6.45) is 3.48. The van der Waals surface area contributed by atoms with Gasteiger partial charge in [0.2, 0.25) is 0 Å². The lowest BCUT2D eigenvalue weighted by molar-refractivity contribution is -0.144. The Bertz CT molecular complexity index is 311. The van der Waals surface area contributed by atoms with E-state index in [4.69, 9.17) is 4.74 Å². The van der Waals surface area contributed by atoms with E-state index in [-0.39, 0.29) is 11.6 Å². The number of rotatable bonds is 4. The van der Waals surface area contributed by atoms with E-state index in [1.54, 1.807) is 0 Å². The van der Waals surface area contributed by atoms with Crippen LogP contribution >= 0.6 is 0 Å². The fraction of sp³-hybridized carbons (Fsp3) is 0.929. The summed E-state index contributed by atoms with van der Waals surface area (Å²) in [5.74, 6) is 0.318. The van der Waals surface area contributed by atoms with Gasteiger partial charge in [0.25, 0.3) is 0 Å². The van der Waals surface area contributed by atoms with Crippen LogP contribution in [-0.4, -0.2) is 47.3 Å². The third-order valence-corrected chi connectivity index (χ3v) is 4.15. The van der Waals surface area contributed by atoms with Crippen LogP contribution in [0.1, 0.15) is 40.0 Å². The molecule has 2 fully saturated rings. The monoisotopic (exact) mass is 255 g/mol. The highest BCUT2D eigenvalue weighted by Gasteiger charge is 2.47. The molecule has 0 aromatic heterocycles. The molecule has 0 bridgehead atoms. The number of aliphatic carboxylic acids is 1. The average Bonchev–Trinajstić information content (AvgIpc) is 2.73. The fourth-order valence-corrected chi connectivity index (χ4v) is 3.43. The van der Waals surface area contributed by atoms with Crippen LogP contribution in [-0.2, 0) is 9.53 Å². The summed E-state index contributed by atoms with van der Waals surface area (Å²) in [6, 6.07) is -0.277. The van der Waals surface area contributed by atoms with Gasteiger partial charge in [-0.05, 0) is 45.4 Å². The summed E-state index contributed by atoms with van der Waals surface area (Å²) in [6.45, 7) is 8.38. The van der Waals surface area contributed by atoms with E-state index in [2.05, 4.69) is 4.90 Å². The molecule has 0 aromatic carbocycles. The van der Waals surface area contributed by atoms with Crippen molar-refractivity contribution in [2.75, 3.05) is 19.7 Å². The zero-order chi connectivity index (χ0) is 13.3. The molecule has 1 saturated carbocycles. The maximum absolute atomic E-state index is 11.4. The minimum absolute atomic E-state index is 0.145. The molecule has 0 aromatic rings. The van der Waals surface area contributed by atoms with Crippen molar-refractivity contribution in [2.24, 2.45) is 11.8 Å². The molecule has 18 heavy (non-hydrogen) atoms. The van der Waals surface area contributed by atoms with Gasteiger partial charge in [0, 0.05) is 13.1 Å². The molecule has 104 valence electrons. The number of carbonyl (C=O) groups is 1. The Kier molecular flexibility index (Phi) is 3.97. The smallest absolute Gasteiger partial charge is 0.321 e. The number of likely N-dealkylation sites (tertiary alicyclic amines) is 1. The van der Waals surface area contributed by atoms with Crippen LogP contribution in [0.4, 0.5) is 0 Å². The normalized spacial score (nSPS) is 32.7. The molecule has 4 nitrogen and oxygen atoms in total. The molecule has 3 atom stereocenters. The number of hydrogen-bond donors (Lipinski definition) is 1. The molecule has 1 heterocycles. The zero-order valence-corrected chi connectivity index (χ0v) is 11.7. The molecule has 1 saturated heterocycles. The average molecular weight is 255 g/mol. The predicted octanol–water partition coefficient (Wildman–Crippen LogP) is 1.99. The minimum atomic E-state index is -0.653. The van der Waals surface area contributed by atoms with Crippen LogP contribution in [0, 0.1) is 11.8 Å². The van der Waals surface area contributed by atoms with Gasteiger partial charge in [-0.3, -0.25) is 9.69 Å². The molecular formula is C14H25NO3. The quantitative estimate of drug-likeness (QED) is 0.834. The minimum Gasteiger partial charge on any atom is -0.480 e. The molecule has 1 aliphatic heterocycles. The Balaban J connectivity index is 1.90. The molecule has 1 aliphatic carbocycles. The van der Waals surface area contributed by atoms with Crippen LogP contribution in [0.5, 0.6) is 0 Å². The first-order chi connectivity index (χ1) is 8.38. The van der Waals surface area contributed by atoms with E-state index >= 15 is 0 Å². The van der Waals surface area contributed by atoms with Gasteiger partial charge < -0.3 is 9.84 Å². The van der Waals surface area contributed by atoms with E-state index in [1.807, 2.05) is 20.8 Å². The summed E-state index contributed by atoms with van der Waals surface area (Å²) in [5.41, 5.74) is -0.145. The molecule has 3 unspecified atom stereocenters. The molecule has 1 N–H and O–H groups in total. The van der Waals surface area contributed by atoms with Crippen molar-refractivity contribution in [1.29, 1.82) is 0 Å². The van der Waals surface area contributed by atoms with E-state index in [1.165, 1.54) is 12.8 Å². The molecule has 2 rings (SSSR count). The van der Waals surface area contributed by atoms with Crippen molar-refractivity contribution in [3.05, 3.63) is 0 Å². The largest absolute Gasteiger partial charge is 0.480 e. The molecule has 2 aliphatic rings. The maximum Gasteiger partial charge on any atom is 0.321 e. The van der Waals surface area contributed by atoms with Gasteiger partial charge in [0.15, 0.2) is 0 Å². The zero-order valence-electron chi connectivity index (χ0n) is 11.7. The van der Waals surface area contributed by atoms with Gasteiger partial charge >= 0.3 is 5.97 Å². The van der Waals surface area contributed by atoms with Crippen molar-refractivity contribution in [3.63, 3.8) is 0 Å². The first-order valence-corrected chi connectivity index (χ1v) is 6.99. The second-order valence-corrected chi connectivity index (χ2v) is 6.59. The number of nitrogens with zero attached hydrogens (tertiary/aromatic N) is 1. The van der Waals surface area contributed by atoms with E-state index < -0.39 is 5.97 Å². The van der Waals surface area contributed by atoms with Crippen molar-refractivity contribution < 1.29 is 14.6 Å². The van der Waals surface area contributed by atoms with Crippen LogP contribution < -0.4 is 0 Å². The topological polar surface area (TPSA) is 49.8 Å². The predicted molar refractivity (Wildman–Crippen MR) is 69.5 cm³/mol. The summed E-state index contributed by atoms with van der Waals surface area (Å²) in [4.78, 5) is 13.5. The van der Waals surface area contributed by atoms with Gasteiger partial charge in [-0.1, -0.05) is 6.42 Å². The van der Waals surface area contributed by atoms with Crippen LogP contribution in [0.25, 0.3) is 0 Å². The number of hydrogen-bond acceptors (Lipinski definition) is 3. The second-order valence-electron chi connectivity index (χ2n) is 6.59. The first kappa shape index (κ1) is 13.8. The van der Waals surface area contributed by atoms with E-state index in [0.717, 1.165) is 19.5 Å². The molecule has 0 amide bonds. The summed E-state index contributed by atoms with van der Waals surface area (Å²) in [5, 5.41) is 9.41. The Morgan fingerprint density at radius 2 is 2.11 bits per heavy atom. The Labute approximate surface area is 109 Å². The lowest BCUT2D eigenvalue weighted by Crippen LogP contribution is -2.41.